The van der Waals surface area contributed by atoms with Gasteiger partial charge in [0.15, 0.2) is 0 Å². The summed E-state index contributed by atoms with van der Waals surface area (Å²) in [4.78, 5) is 23.5. The summed E-state index contributed by atoms with van der Waals surface area (Å²) in [5, 5.41) is 12.1. The van der Waals surface area contributed by atoms with E-state index in [0.29, 0.717) is 19.4 Å². The first kappa shape index (κ1) is 16.0. The Morgan fingerprint density at radius 3 is 2.43 bits per heavy atom. The van der Waals surface area contributed by atoms with Gasteiger partial charge < -0.3 is 10.4 Å². The predicted octanol–water partition coefficient (Wildman–Crippen LogP) is 2.86. The maximum Gasteiger partial charge on any atom is 0.306 e. The Bertz CT molecular complexity index is 595. The molecular formula is C18H22FNO3. The molecule has 3 rings (SSSR count). The summed E-state index contributed by atoms with van der Waals surface area (Å²) in [6, 6.07) is 6.48. The molecule has 5 heteroatoms. The number of amides is 1. The van der Waals surface area contributed by atoms with E-state index in [2.05, 4.69) is 5.32 Å². The van der Waals surface area contributed by atoms with Crippen LogP contribution in [0.5, 0.6) is 0 Å². The van der Waals surface area contributed by atoms with E-state index in [9.17, 15) is 14.0 Å². The van der Waals surface area contributed by atoms with Gasteiger partial charge in [0.2, 0.25) is 5.91 Å². The van der Waals surface area contributed by atoms with Crippen molar-refractivity contribution in [3.63, 3.8) is 0 Å². The highest BCUT2D eigenvalue weighted by atomic mass is 19.1. The fraction of sp³-hybridized carbons (Fsp3) is 0.556. The van der Waals surface area contributed by atoms with Gasteiger partial charge in [0, 0.05) is 17.9 Å². The van der Waals surface area contributed by atoms with Crippen LogP contribution in [0.15, 0.2) is 24.3 Å². The van der Waals surface area contributed by atoms with Gasteiger partial charge in [0.05, 0.1) is 5.92 Å². The Kier molecular flexibility index (Phi) is 4.37. The molecule has 2 fully saturated rings. The van der Waals surface area contributed by atoms with Crippen LogP contribution in [0.1, 0.15) is 44.1 Å². The lowest BCUT2D eigenvalue weighted by Gasteiger charge is -2.26. The molecule has 0 saturated heterocycles. The topological polar surface area (TPSA) is 66.4 Å². The van der Waals surface area contributed by atoms with Crippen LogP contribution < -0.4 is 5.32 Å². The van der Waals surface area contributed by atoms with Crippen molar-refractivity contribution in [1.82, 2.24) is 5.32 Å². The summed E-state index contributed by atoms with van der Waals surface area (Å²) in [7, 11) is 0. The first-order valence-corrected chi connectivity index (χ1v) is 8.27. The minimum atomic E-state index is -0.799. The van der Waals surface area contributed by atoms with Gasteiger partial charge in [0.25, 0.3) is 0 Å². The Morgan fingerprint density at radius 1 is 1.17 bits per heavy atom. The van der Waals surface area contributed by atoms with Crippen LogP contribution in [0.2, 0.25) is 0 Å². The molecule has 2 N–H and O–H groups in total. The molecule has 2 unspecified atom stereocenters. The van der Waals surface area contributed by atoms with Gasteiger partial charge in [0.1, 0.15) is 5.82 Å². The standard InChI is InChI=1S/C18H22FNO3/c19-15-6-4-14(5-7-15)18(8-9-18)11-20-16(21)12-2-1-3-13(10-12)17(22)23/h4-7,12-13H,1-3,8-11H2,(H,20,21)(H,22,23). The molecule has 2 atom stereocenters. The summed E-state index contributed by atoms with van der Waals surface area (Å²) < 4.78 is 13.0. The first-order chi connectivity index (χ1) is 11.0. The molecular weight excluding hydrogens is 297 g/mol. The predicted molar refractivity (Wildman–Crippen MR) is 83.4 cm³/mol. The lowest BCUT2D eigenvalue weighted by Crippen LogP contribution is -2.39. The molecule has 0 heterocycles. The van der Waals surface area contributed by atoms with Gasteiger partial charge in [-0.1, -0.05) is 18.6 Å². The number of carboxylic acid groups (broad SMARTS) is 1. The molecule has 2 saturated carbocycles. The van der Waals surface area contributed by atoms with Crippen molar-refractivity contribution in [2.45, 2.75) is 43.9 Å². The van der Waals surface area contributed by atoms with E-state index in [1.807, 2.05) is 0 Å². The zero-order valence-corrected chi connectivity index (χ0v) is 13.1. The van der Waals surface area contributed by atoms with E-state index in [4.69, 9.17) is 5.11 Å². The highest BCUT2D eigenvalue weighted by molar-refractivity contribution is 5.80. The number of aliphatic carboxylic acids is 1. The summed E-state index contributed by atoms with van der Waals surface area (Å²) in [5.74, 6) is -1.69. The number of halogens is 1. The molecule has 2 aliphatic rings. The fourth-order valence-corrected chi connectivity index (χ4v) is 3.57. The zero-order valence-electron chi connectivity index (χ0n) is 13.1. The average Bonchev–Trinajstić information content (AvgIpc) is 3.34. The lowest BCUT2D eigenvalue weighted by atomic mass is 9.81. The van der Waals surface area contributed by atoms with Crippen molar-refractivity contribution in [3.05, 3.63) is 35.6 Å². The third-order valence-corrected chi connectivity index (χ3v) is 5.31. The number of carbonyl (C=O) groups excluding carboxylic acids is 1. The number of benzene rings is 1. The summed E-state index contributed by atoms with van der Waals surface area (Å²) >= 11 is 0. The van der Waals surface area contributed by atoms with E-state index < -0.39 is 11.9 Å². The second-order valence-corrected chi connectivity index (χ2v) is 6.90. The summed E-state index contributed by atoms with van der Waals surface area (Å²) in [6.45, 7) is 0.547. The molecule has 1 amide bonds. The Morgan fingerprint density at radius 2 is 1.83 bits per heavy atom. The van der Waals surface area contributed by atoms with Crippen LogP contribution in [-0.2, 0) is 15.0 Å². The van der Waals surface area contributed by atoms with Gasteiger partial charge in [-0.2, -0.15) is 0 Å². The SMILES string of the molecule is O=C(O)C1CCCC(C(=O)NCC2(c3ccc(F)cc3)CC2)C1. The molecule has 0 bridgehead atoms. The van der Waals surface area contributed by atoms with E-state index in [1.54, 1.807) is 12.1 Å². The van der Waals surface area contributed by atoms with Crippen LogP contribution >= 0.6 is 0 Å². The van der Waals surface area contributed by atoms with Crippen molar-refractivity contribution >= 4 is 11.9 Å². The minimum absolute atomic E-state index is 0.0377. The molecule has 1 aromatic carbocycles. The van der Waals surface area contributed by atoms with E-state index in [-0.39, 0.29) is 23.1 Å². The largest absolute Gasteiger partial charge is 0.481 e. The van der Waals surface area contributed by atoms with Crippen LogP contribution in [0.4, 0.5) is 4.39 Å². The van der Waals surface area contributed by atoms with E-state index in [0.717, 1.165) is 31.2 Å². The number of carboxylic acids is 1. The Labute approximate surface area is 135 Å². The maximum atomic E-state index is 13.0. The molecule has 4 nitrogen and oxygen atoms in total. The number of hydrogen-bond donors (Lipinski definition) is 2. The van der Waals surface area contributed by atoms with Gasteiger partial charge >= 0.3 is 5.97 Å². The van der Waals surface area contributed by atoms with Crippen molar-refractivity contribution in [3.8, 4) is 0 Å². The highest BCUT2D eigenvalue weighted by Crippen LogP contribution is 2.47. The monoisotopic (exact) mass is 319 g/mol. The summed E-state index contributed by atoms with van der Waals surface area (Å²) in [5.41, 5.74) is 0.996. The van der Waals surface area contributed by atoms with E-state index in [1.165, 1.54) is 12.1 Å². The third-order valence-electron chi connectivity index (χ3n) is 5.31. The Hall–Kier alpha value is -1.91. The second-order valence-electron chi connectivity index (χ2n) is 6.90. The molecule has 0 radical (unpaired) electrons. The second kappa shape index (κ2) is 6.30. The minimum Gasteiger partial charge on any atom is -0.481 e. The van der Waals surface area contributed by atoms with Crippen LogP contribution in [-0.4, -0.2) is 23.5 Å². The number of carbonyl (C=O) groups is 2. The average molecular weight is 319 g/mol. The maximum absolute atomic E-state index is 13.0. The number of nitrogens with one attached hydrogen (secondary N) is 1. The first-order valence-electron chi connectivity index (χ1n) is 8.27. The molecule has 2 aliphatic carbocycles. The highest BCUT2D eigenvalue weighted by Gasteiger charge is 2.44. The fourth-order valence-electron chi connectivity index (χ4n) is 3.57. The lowest BCUT2D eigenvalue weighted by molar-refractivity contribution is -0.144. The molecule has 0 spiro atoms. The van der Waals surface area contributed by atoms with E-state index >= 15 is 0 Å². The van der Waals surface area contributed by atoms with Gasteiger partial charge in [-0.3, -0.25) is 9.59 Å². The smallest absolute Gasteiger partial charge is 0.306 e. The normalized spacial score (nSPS) is 25.6. The molecule has 0 aliphatic heterocycles. The summed E-state index contributed by atoms with van der Waals surface area (Å²) in [6.07, 6.45) is 4.63. The number of rotatable bonds is 5. The van der Waals surface area contributed by atoms with Crippen LogP contribution in [0, 0.1) is 17.7 Å². The number of hydrogen-bond acceptors (Lipinski definition) is 2. The Balaban J connectivity index is 1.56. The van der Waals surface area contributed by atoms with Gasteiger partial charge in [-0.05, 0) is 49.8 Å². The van der Waals surface area contributed by atoms with Gasteiger partial charge in [-0.25, -0.2) is 4.39 Å². The molecule has 0 aromatic heterocycles. The molecule has 23 heavy (non-hydrogen) atoms. The molecule has 1 aromatic rings. The van der Waals surface area contributed by atoms with Crippen molar-refractivity contribution < 1.29 is 19.1 Å². The van der Waals surface area contributed by atoms with Crippen molar-refractivity contribution in [2.24, 2.45) is 11.8 Å². The van der Waals surface area contributed by atoms with Crippen molar-refractivity contribution in [1.29, 1.82) is 0 Å². The van der Waals surface area contributed by atoms with Crippen molar-refractivity contribution in [2.75, 3.05) is 6.54 Å². The van der Waals surface area contributed by atoms with Gasteiger partial charge in [-0.15, -0.1) is 0 Å². The third kappa shape index (κ3) is 3.54. The van der Waals surface area contributed by atoms with Crippen LogP contribution in [0.25, 0.3) is 0 Å². The molecule has 124 valence electrons. The zero-order chi connectivity index (χ0) is 16.4. The quantitative estimate of drug-likeness (QED) is 0.877. The van der Waals surface area contributed by atoms with Crippen LogP contribution in [0.3, 0.4) is 0 Å².